The largest absolute Gasteiger partial charge is 0.481 e. The fourth-order valence-corrected chi connectivity index (χ4v) is 2.39. The lowest BCUT2D eigenvalue weighted by molar-refractivity contribution is -0.145. The number of carboxylic acid groups (broad SMARTS) is 2. The van der Waals surface area contributed by atoms with Crippen molar-refractivity contribution in [1.82, 2.24) is 16.0 Å². The molecule has 0 aromatic rings. The Kier molecular flexibility index (Phi) is 11.1. The first kappa shape index (κ1) is 27.7. The van der Waals surface area contributed by atoms with E-state index in [-0.39, 0.29) is 0 Å². The third-order valence-corrected chi connectivity index (χ3v) is 4.06. The maximum atomic E-state index is 12.5. The molecular weight excluding hydrogens is 418 g/mol. The zero-order valence-corrected chi connectivity index (χ0v) is 17.3. The van der Waals surface area contributed by atoms with E-state index in [1.54, 1.807) is 0 Å². The van der Waals surface area contributed by atoms with Gasteiger partial charge in [-0.15, -0.1) is 0 Å². The molecule has 0 heterocycles. The van der Waals surface area contributed by atoms with Gasteiger partial charge in [0, 0.05) is 0 Å². The highest BCUT2D eigenvalue weighted by Crippen LogP contribution is 2.05. The van der Waals surface area contributed by atoms with Gasteiger partial charge in [0.1, 0.15) is 18.1 Å². The molecule has 10 N–H and O–H groups in total. The molecule has 31 heavy (non-hydrogen) atoms. The van der Waals surface area contributed by atoms with Gasteiger partial charge >= 0.3 is 11.9 Å². The number of primary amides is 1. The minimum absolute atomic E-state index is 0.516. The van der Waals surface area contributed by atoms with Crippen LogP contribution < -0.4 is 27.4 Å². The molecule has 0 aliphatic heterocycles. The molecule has 0 aliphatic carbocycles. The Labute approximate surface area is 177 Å². The summed E-state index contributed by atoms with van der Waals surface area (Å²) in [5.41, 5.74) is 10.4. The highest BCUT2D eigenvalue weighted by Gasteiger charge is 2.34. The van der Waals surface area contributed by atoms with Gasteiger partial charge in [-0.25, -0.2) is 4.79 Å². The fourth-order valence-electron chi connectivity index (χ4n) is 2.39. The number of hydrogen-bond donors (Lipinski definition) is 8. The number of nitrogens with one attached hydrogen (secondary N) is 3. The topological polar surface area (TPSA) is 251 Å². The number of carbonyl (C=O) groups excluding carboxylic acids is 4. The summed E-state index contributed by atoms with van der Waals surface area (Å²) in [7, 11) is 0. The van der Waals surface area contributed by atoms with Crippen LogP contribution in [0, 0.1) is 5.92 Å². The lowest BCUT2D eigenvalue weighted by Gasteiger charge is -2.26. The highest BCUT2D eigenvalue weighted by atomic mass is 16.4. The normalized spacial score (nSPS) is 15.7. The number of nitrogens with two attached hydrogens (primary N) is 2. The van der Waals surface area contributed by atoms with Gasteiger partial charge in [-0.3, -0.25) is 24.0 Å². The number of amides is 4. The number of rotatable bonds is 13. The van der Waals surface area contributed by atoms with Gasteiger partial charge in [0.15, 0.2) is 0 Å². The van der Waals surface area contributed by atoms with Crippen LogP contribution in [0.1, 0.15) is 33.6 Å². The predicted molar refractivity (Wildman–Crippen MR) is 104 cm³/mol. The van der Waals surface area contributed by atoms with Gasteiger partial charge in [0.25, 0.3) is 0 Å². The molecule has 0 spiro atoms. The molecule has 176 valence electrons. The van der Waals surface area contributed by atoms with Crippen LogP contribution in [0.25, 0.3) is 0 Å². The summed E-state index contributed by atoms with van der Waals surface area (Å²) in [4.78, 5) is 70.1. The Bertz CT molecular complexity index is 710. The predicted octanol–water partition coefficient (Wildman–Crippen LogP) is -3.76. The van der Waals surface area contributed by atoms with Gasteiger partial charge in [-0.1, -0.05) is 13.8 Å². The quantitative estimate of drug-likeness (QED) is 0.137. The fraction of sp³-hybridized carbons (Fsp3) is 0.647. The minimum Gasteiger partial charge on any atom is -0.481 e. The Balaban J connectivity index is 5.46. The standard InChI is InChI=1S/C17H29N5O9/c1-6(2)12(17(30)31)21-16(29)13(7(3)23)22-15(28)9(5-11(25)26)20-14(27)8(18)4-10(19)24/h6-9,12-13,23H,4-5,18H2,1-3H3,(H2,19,24)(H,20,27)(H,21,29)(H,22,28)(H,25,26)(H,30,31). The highest BCUT2D eigenvalue weighted by molar-refractivity contribution is 5.96. The van der Waals surface area contributed by atoms with Gasteiger partial charge in [0.2, 0.25) is 23.6 Å². The summed E-state index contributed by atoms with van der Waals surface area (Å²) in [6.45, 7) is 4.20. The Morgan fingerprint density at radius 1 is 0.806 bits per heavy atom. The summed E-state index contributed by atoms with van der Waals surface area (Å²) < 4.78 is 0. The van der Waals surface area contributed by atoms with Gasteiger partial charge < -0.3 is 42.7 Å². The molecule has 0 aromatic heterocycles. The van der Waals surface area contributed by atoms with E-state index in [1.807, 2.05) is 5.32 Å². The summed E-state index contributed by atoms with van der Waals surface area (Å²) in [5, 5.41) is 34.3. The van der Waals surface area contributed by atoms with Crippen LogP contribution in [0.15, 0.2) is 0 Å². The van der Waals surface area contributed by atoms with Gasteiger partial charge in [0.05, 0.1) is 25.0 Å². The first-order chi connectivity index (χ1) is 14.2. The van der Waals surface area contributed by atoms with Crippen molar-refractivity contribution in [1.29, 1.82) is 0 Å². The zero-order chi connectivity index (χ0) is 24.5. The van der Waals surface area contributed by atoms with Gasteiger partial charge in [-0.2, -0.15) is 0 Å². The van der Waals surface area contributed by atoms with E-state index in [1.165, 1.54) is 13.8 Å². The van der Waals surface area contributed by atoms with Crippen molar-refractivity contribution in [2.45, 2.75) is 63.9 Å². The molecule has 0 radical (unpaired) electrons. The van der Waals surface area contributed by atoms with Crippen LogP contribution in [-0.4, -0.2) is 81.2 Å². The van der Waals surface area contributed by atoms with Crippen molar-refractivity contribution in [2.24, 2.45) is 17.4 Å². The minimum atomic E-state index is -1.71. The zero-order valence-electron chi connectivity index (χ0n) is 17.3. The van der Waals surface area contributed by atoms with E-state index < -0.39 is 84.6 Å². The molecule has 0 fully saturated rings. The second kappa shape index (κ2) is 12.4. The molecule has 0 bridgehead atoms. The smallest absolute Gasteiger partial charge is 0.326 e. The van der Waals surface area contributed by atoms with E-state index in [9.17, 15) is 39.0 Å². The summed E-state index contributed by atoms with van der Waals surface area (Å²) in [5.74, 6) is -7.45. The number of aliphatic hydroxyl groups excluding tert-OH is 1. The van der Waals surface area contributed by atoms with Crippen LogP contribution >= 0.6 is 0 Å². The molecule has 14 heteroatoms. The maximum Gasteiger partial charge on any atom is 0.326 e. The van der Waals surface area contributed by atoms with Crippen molar-refractivity contribution in [3.8, 4) is 0 Å². The van der Waals surface area contributed by atoms with Gasteiger partial charge in [-0.05, 0) is 12.8 Å². The SMILES string of the molecule is CC(C)C(NC(=O)C(NC(=O)C(CC(=O)O)NC(=O)C(N)CC(N)=O)C(C)O)C(=O)O. The Hall–Kier alpha value is -3.26. The Morgan fingerprint density at radius 3 is 1.71 bits per heavy atom. The van der Waals surface area contributed by atoms with Crippen molar-refractivity contribution >= 4 is 35.6 Å². The number of carboxylic acids is 2. The van der Waals surface area contributed by atoms with E-state index in [4.69, 9.17) is 16.6 Å². The van der Waals surface area contributed by atoms with E-state index in [0.29, 0.717) is 0 Å². The van der Waals surface area contributed by atoms with E-state index >= 15 is 0 Å². The van der Waals surface area contributed by atoms with E-state index in [0.717, 1.165) is 6.92 Å². The summed E-state index contributed by atoms with van der Waals surface area (Å²) >= 11 is 0. The molecular formula is C17H29N5O9. The number of aliphatic carboxylic acids is 2. The molecule has 0 aromatic carbocycles. The average molecular weight is 447 g/mol. The molecule has 0 saturated carbocycles. The lowest BCUT2D eigenvalue weighted by atomic mass is 10.0. The van der Waals surface area contributed by atoms with Crippen LogP contribution in [0.3, 0.4) is 0 Å². The first-order valence-corrected chi connectivity index (χ1v) is 9.25. The molecule has 0 aliphatic rings. The van der Waals surface area contributed by atoms with Crippen LogP contribution in [0.5, 0.6) is 0 Å². The Morgan fingerprint density at radius 2 is 1.32 bits per heavy atom. The maximum absolute atomic E-state index is 12.5. The van der Waals surface area contributed by atoms with Crippen molar-refractivity contribution in [3.63, 3.8) is 0 Å². The molecule has 14 nitrogen and oxygen atoms in total. The second-order valence-corrected chi connectivity index (χ2v) is 7.23. The van der Waals surface area contributed by atoms with Crippen molar-refractivity contribution < 1.29 is 44.1 Å². The molecule has 5 unspecified atom stereocenters. The summed E-state index contributed by atoms with van der Waals surface area (Å²) in [6.07, 6.45) is -2.96. The molecule has 0 rings (SSSR count). The van der Waals surface area contributed by atoms with Crippen molar-refractivity contribution in [2.75, 3.05) is 0 Å². The van der Waals surface area contributed by atoms with Crippen molar-refractivity contribution in [3.05, 3.63) is 0 Å². The first-order valence-electron chi connectivity index (χ1n) is 9.25. The number of hydrogen-bond acceptors (Lipinski definition) is 8. The third kappa shape index (κ3) is 9.86. The molecule has 4 amide bonds. The molecule has 0 saturated heterocycles. The monoisotopic (exact) mass is 447 g/mol. The number of aliphatic hydroxyl groups is 1. The van der Waals surface area contributed by atoms with Crippen LogP contribution in [-0.2, 0) is 28.8 Å². The van der Waals surface area contributed by atoms with Crippen LogP contribution in [0.4, 0.5) is 0 Å². The third-order valence-electron chi connectivity index (χ3n) is 4.06. The second-order valence-electron chi connectivity index (χ2n) is 7.23. The molecule has 5 atom stereocenters. The van der Waals surface area contributed by atoms with Crippen LogP contribution in [0.2, 0.25) is 0 Å². The van der Waals surface area contributed by atoms with E-state index in [2.05, 4.69) is 10.6 Å². The average Bonchev–Trinajstić information content (AvgIpc) is 2.61. The lowest BCUT2D eigenvalue weighted by Crippen LogP contribution is -2.60. The summed E-state index contributed by atoms with van der Waals surface area (Å²) in [6, 6.07) is -6.12. The number of carbonyl (C=O) groups is 6.